The third-order valence-corrected chi connectivity index (χ3v) is 6.38. The molecule has 2 heterocycles. The van der Waals surface area contributed by atoms with Crippen LogP contribution in [0.1, 0.15) is 44.7 Å². The van der Waals surface area contributed by atoms with E-state index in [2.05, 4.69) is 10.6 Å². The molecule has 0 bridgehead atoms. The van der Waals surface area contributed by atoms with E-state index in [-0.39, 0.29) is 11.8 Å². The fourth-order valence-electron chi connectivity index (χ4n) is 4.23. The van der Waals surface area contributed by atoms with Crippen LogP contribution in [0.2, 0.25) is 0 Å². The second-order valence-corrected chi connectivity index (χ2v) is 9.21. The van der Waals surface area contributed by atoms with Gasteiger partial charge in [-0.2, -0.15) is 0 Å². The smallest absolute Gasteiger partial charge is 0.423 e. The summed E-state index contributed by atoms with van der Waals surface area (Å²) in [5.74, 6) is -0.362. The first-order valence-corrected chi connectivity index (χ1v) is 13.2. The van der Waals surface area contributed by atoms with Gasteiger partial charge in [-0.1, -0.05) is 12.1 Å². The zero-order chi connectivity index (χ0) is 27.5. The highest BCUT2D eigenvalue weighted by atomic mass is 16.5. The lowest BCUT2D eigenvalue weighted by atomic mass is 9.79. The highest BCUT2D eigenvalue weighted by molar-refractivity contribution is 6.62. The third-order valence-electron chi connectivity index (χ3n) is 6.38. The number of nitrogens with one attached hydrogen (secondary N) is 2. The van der Waals surface area contributed by atoms with Crippen LogP contribution in [0.15, 0.2) is 36.4 Å². The maximum Gasteiger partial charge on any atom is 0.491 e. The van der Waals surface area contributed by atoms with Crippen LogP contribution in [0.25, 0.3) is 0 Å². The second kappa shape index (κ2) is 15.1. The molecule has 4 N–H and O–H groups in total. The van der Waals surface area contributed by atoms with Crippen molar-refractivity contribution in [1.29, 1.82) is 0 Å². The Morgan fingerprint density at radius 2 is 1.21 bits per heavy atom. The molecule has 0 saturated carbocycles. The predicted molar refractivity (Wildman–Crippen MR) is 144 cm³/mol. The SMILES string of the molecule is O=C(NCCCOCCOCCOCCCNC(=O)c1ccc2c(c1)B(O)OC2)c1ccc2c(c1)COB2O. The molecule has 0 spiro atoms. The van der Waals surface area contributed by atoms with Crippen molar-refractivity contribution in [3.05, 3.63) is 58.7 Å². The molecule has 0 saturated heterocycles. The highest BCUT2D eigenvalue weighted by Gasteiger charge is 2.28. The summed E-state index contributed by atoms with van der Waals surface area (Å²) in [4.78, 5) is 24.5. The number of ether oxygens (including phenoxy) is 3. The molecule has 2 aromatic rings. The van der Waals surface area contributed by atoms with Gasteiger partial charge in [-0.25, -0.2) is 0 Å². The Labute approximate surface area is 228 Å². The molecule has 0 aromatic heterocycles. The lowest BCUT2D eigenvalue weighted by Gasteiger charge is -2.09. The second-order valence-electron chi connectivity index (χ2n) is 9.21. The van der Waals surface area contributed by atoms with Gasteiger partial charge >= 0.3 is 14.2 Å². The topological polar surface area (TPSA) is 145 Å². The molecule has 4 rings (SSSR count). The van der Waals surface area contributed by atoms with Gasteiger partial charge in [0.2, 0.25) is 0 Å². The summed E-state index contributed by atoms with van der Waals surface area (Å²) < 4.78 is 26.8. The van der Waals surface area contributed by atoms with Gasteiger partial charge in [-0.15, -0.1) is 0 Å². The molecule has 39 heavy (non-hydrogen) atoms. The minimum absolute atomic E-state index is 0.166. The Kier molecular flexibility index (Phi) is 11.3. The number of rotatable bonds is 16. The van der Waals surface area contributed by atoms with E-state index in [1.54, 1.807) is 36.4 Å². The van der Waals surface area contributed by atoms with Gasteiger partial charge in [0.15, 0.2) is 0 Å². The van der Waals surface area contributed by atoms with Gasteiger partial charge in [0.1, 0.15) is 0 Å². The Morgan fingerprint density at radius 1 is 0.692 bits per heavy atom. The number of hydrogen-bond donors (Lipinski definition) is 4. The first-order chi connectivity index (χ1) is 19.0. The number of fused-ring (bicyclic) bond motifs is 2. The maximum absolute atomic E-state index is 12.3. The van der Waals surface area contributed by atoms with Gasteiger partial charge in [0, 0.05) is 37.4 Å². The van der Waals surface area contributed by atoms with Crippen molar-refractivity contribution in [2.24, 2.45) is 0 Å². The lowest BCUT2D eigenvalue weighted by molar-refractivity contribution is 0.0139. The molecule has 2 aliphatic rings. The van der Waals surface area contributed by atoms with Crippen molar-refractivity contribution in [3.8, 4) is 0 Å². The van der Waals surface area contributed by atoms with E-state index < -0.39 is 14.2 Å². The summed E-state index contributed by atoms with van der Waals surface area (Å²) in [6, 6.07) is 10.3. The Morgan fingerprint density at radius 3 is 1.85 bits per heavy atom. The molecule has 0 fully saturated rings. The monoisotopic (exact) mass is 540 g/mol. The summed E-state index contributed by atoms with van der Waals surface area (Å²) in [5, 5.41) is 25.1. The van der Waals surface area contributed by atoms with Crippen LogP contribution in [0.3, 0.4) is 0 Å². The van der Waals surface area contributed by atoms with E-state index >= 15 is 0 Å². The van der Waals surface area contributed by atoms with Crippen molar-refractivity contribution in [2.45, 2.75) is 26.1 Å². The lowest BCUT2D eigenvalue weighted by Crippen LogP contribution is -2.31. The van der Waals surface area contributed by atoms with Crippen molar-refractivity contribution in [1.82, 2.24) is 10.6 Å². The number of carbonyl (C=O) groups is 2. The zero-order valence-corrected chi connectivity index (χ0v) is 21.9. The molecule has 2 aromatic carbocycles. The van der Waals surface area contributed by atoms with E-state index in [0.29, 0.717) is 101 Å². The summed E-state index contributed by atoms with van der Waals surface area (Å²) in [5.41, 5.74) is 4.12. The quantitative estimate of drug-likeness (QED) is 0.158. The van der Waals surface area contributed by atoms with Gasteiger partial charge < -0.3 is 44.2 Å². The fraction of sp³-hybridized carbons (Fsp3) is 0.462. The normalized spacial score (nSPS) is 13.9. The summed E-state index contributed by atoms with van der Waals surface area (Å²) >= 11 is 0. The van der Waals surface area contributed by atoms with Crippen LogP contribution >= 0.6 is 0 Å². The van der Waals surface area contributed by atoms with Crippen molar-refractivity contribution in [2.75, 3.05) is 52.7 Å². The average molecular weight is 540 g/mol. The van der Waals surface area contributed by atoms with Crippen molar-refractivity contribution >= 4 is 37.0 Å². The highest BCUT2D eigenvalue weighted by Crippen LogP contribution is 2.12. The number of amides is 2. The van der Waals surface area contributed by atoms with Crippen LogP contribution < -0.4 is 21.6 Å². The minimum Gasteiger partial charge on any atom is -0.423 e. The van der Waals surface area contributed by atoms with Gasteiger partial charge in [-0.3, -0.25) is 9.59 Å². The first-order valence-electron chi connectivity index (χ1n) is 13.2. The Balaban J connectivity index is 0.925. The average Bonchev–Trinajstić information content (AvgIpc) is 3.51. The number of carbonyl (C=O) groups excluding carboxylic acids is 2. The largest absolute Gasteiger partial charge is 0.491 e. The minimum atomic E-state index is -0.968. The predicted octanol–water partition coefficient (Wildman–Crippen LogP) is -0.888. The van der Waals surface area contributed by atoms with Crippen molar-refractivity contribution in [3.63, 3.8) is 0 Å². The molecular formula is C26H34B2N2O9. The van der Waals surface area contributed by atoms with Crippen LogP contribution in [-0.2, 0) is 36.7 Å². The fourth-order valence-corrected chi connectivity index (χ4v) is 4.23. The van der Waals surface area contributed by atoms with E-state index in [1.807, 2.05) is 0 Å². The van der Waals surface area contributed by atoms with E-state index in [1.165, 1.54) is 0 Å². The van der Waals surface area contributed by atoms with E-state index in [4.69, 9.17) is 23.5 Å². The summed E-state index contributed by atoms with van der Waals surface area (Å²) in [6.45, 7) is 4.47. The molecule has 13 heteroatoms. The van der Waals surface area contributed by atoms with Crippen LogP contribution in [0.5, 0.6) is 0 Å². The number of benzene rings is 2. The van der Waals surface area contributed by atoms with Gasteiger partial charge in [0.05, 0.1) is 39.6 Å². The number of hydrogen-bond acceptors (Lipinski definition) is 9. The molecule has 208 valence electrons. The molecule has 2 aliphatic heterocycles. The molecule has 0 atom stereocenters. The molecule has 2 amide bonds. The summed E-state index contributed by atoms with van der Waals surface area (Å²) in [6.07, 6.45) is 1.35. The molecule has 0 unspecified atom stereocenters. The Bertz CT molecular complexity index is 1120. The summed E-state index contributed by atoms with van der Waals surface area (Å²) in [7, 11) is -1.88. The zero-order valence-electron chi connectivity index (χ0n) is 21.9. The van der Waals surface area contributed by atoms with Crippen LogP contribution in [0.4, 0.5) is 0 Å². The standard InChI is InChI=1S/C26H34B2N2O9/c31-25(19-5-6-23-22(15-19)18-39-27(23)33)29-7-1-9-35-11-13-37-14-12-36-10-2-8-30-26(32)20-3-4-21-17-38-28(34)24(21)16-20/h3-6,15-16,33-34H,1-2,7-14,17-18H2,(H,29,31)(H,30,32). The molecule has 0 aliphatic carbocycles. The molecular weight excluding hydrogens is 506 g/mol. The molecule has 0 radical (unpaired) electrons. The van der Waals surface area contributed by atoms with Crippen LogP contribution in [0, 0.1) is 0 Å². The third kappa shape index (κ3) is 8.61. The van der Waals surface area contributed by atoms with Crippen molar-refractivity contribution < 1.29 is 43.2 Å². The van der Waals surface area contributed by atoms with Gasteiger partial charge in [-0.05, 0) is 59.2 Å². The molecule has 11 nitrogen and oxygen atoms in total. The van der Waals surface area contributed by atoms with Gasteiger partial charge in [0.25, 0.3) is 11.8 Å². The first kappa shape index (κ1) is 29.2. The van der Waals surface area contributed by atoms with E-state index in [9.17, 15) is 19.6 Å². The Hall–Kier alpha value is -2.77. The van der Waals surface area contributed by atoms with Crippen LogP contribution in [-0.4, -0.2) is 88.8 Å². The maximum atomic E-state index is 12.3. The van der Waals surface area contributed by atoms with E-state index in [0.717, 1.165) is 11.1 Å².